The molecule has 0 amide bonds. The molecule has 1 aromatic rings. The average molecular weight is 327 g/mol. The van der Waals surface area contributed by atoms with Gasteiger partial charge in [-0.15, -0.1) is 0 Å². The summed E-state index contributed by atoms with van der Waals surface area (Å²) in [6.07, 6.45) is 3.46. The molecule has 0 radical (unpaired) electrons. The Balaban J connectivity index is 2.84. The predicted octanol–water partition coefficient (Wildman–Crippen LogP) is 2.60. The van der Waals surface area contributed by atoms with Crippen molar-refractivity contribution in [3.8, 4) is 0 Å². The lowest BCUT2D eigenvalue weighted by Crippen LogP contribution is -2.15. The molecule has 0 bridgehead atoms. The molecule has 2 atom stereocenters. The van der Waals surface area contributed by atoms with Crippen LogP contribution in [0.1, 0.15) is 48.0 Å². The van der Waals surface area contributed by atoms with Gasteiger partial charge in [0, 0.05) is 6.26 Å². The van der Waals surface area contributed by atoms with Crippen molar-refractivity contribution < 1.29 is 23.2 Å². The molecule has 0 spiro atoms. The average Bonchev–Trinajstić information content (AvgIpc) is 2.81. The number of nitro groups is 1. The fourth-order valence-electron chi connectivity index (χ4n) is 3.23. The third-order valence-corrected chi connectivity index (χ3v) is 5.38. The van der Waals surface area contributed by atoms with Gasteiger partial charge in [-0.1, -0.05) is 25.8 Å². The van der Waals surface area contributed by atoms with E-state index in [2.05, 4.69) is 0 Å². The normalized spacial score (nSPS) is 21.7. The van der Waals surface area contributed by atoms with Crippen LogP contribution >= 0.6 is 0 Å². The minimum absolute atomic E-state index is 0.105. The van der Waals surface area contributed by atoms with Gasteiger partial charge < -0.3 is 5.11 Å². The van der Waals surface area contributed by atoms with Gasteiger partial charge in [0.25, 0.3) is 0 Å². The highest BCUT2D eigenvalue weighted by Gasteiger charge is 2.37. The maximum Gasteiger partial charge on any atom is 0.342 e. The second-order valence-electron chi connectivity index (χ2n) is 5.73. The summed E-state index contributed by atoms with van der Waals surface area (Å²) in [4.78, 5) is 21.2. The fourth-order valence-corrected chi connectivity index (χ4v) is 4.41. The van der Waals surface area contributed by atoms with Crippen molar-refractivity contribution in [2.75, 3.05) is 6.26 Å². The Morgan fingerprint density at radius 1 is 1.36 bits per heavy atom. The largest absolute Gasteiger partial charge is 0.477 e. The van der Waals surface area contributed by atoms with Crippen LogP contribution in [0.3, 0.4) is 0 Å². The number of carboxylic acid groups (broad SMARTS) is 1. The number of hydrogen-bond donors (Lipinski definition) is 1. The zero-order chi connectivity index (χ0) is 16.7. The molecule has 0 aromatic heterocycles. The predicted molar refractivity (Wildman–Crippen MR) is 78.9 cm³/mol. The van der Waals surface area contributed by atoms with E-state index in [4.69, 9.17) is 5.11 Å². The van der Waals surface area contributed by atoms with Crippen LogP contribution in [0.2, 0.25) is 0 Å². The quantitative estimate of drug-likeness (QED) is 0.671. The highest BCUT2D eigenvalue weighted by molar-refractivity contribution is 7.91. The first kappa shape index (κ1) is 16.4. The lowest BCUT2D eigenvalue weighted by atomic mass is 9.89. The van der Waals surface area contributed by atoms with Gasteiger partial charge in [-0.3, -0.25) is 10.1 Å². The van der Waals surface area contributed by atoms with Crippen molar-refractivity contribution in [2.24, 2.45) is 5.92 Å². The molecule has 1 aliphatic carbocycles. The van der Waals surface area contributed by atoms with Gasteiger partial charge in [0.1, 0.15) is 10.5 Å². The van der Waals surface area contributed by atoms with Crippen LogP contribution in [0.15, 0.2) is 17.0 Å². The molecular formula is C14H17NO6S. The van der Waals surface area contributed by atoms with Crippen LogP contribution in [0.4, 0.5) is 5.69 Å². The van der Waals surface area contributed by atoms with E-state index < -0.39 is 36.9 Å². The minimum atomic E-state index is -3.93. The summed E-state index contributed by atoms with van der Waals surface area (Å²) in [7, 11) is -3.93. The summed E-state index contributed by atoms with van der Waals surface area (Å²) in [5, 5.41) is 20.4. The number of nitrogens with zero attached hydrogens (tertiary/aromatic N) is 1. The van der Waals surface area contributed by atoms with Gasteiger partial charge in [0.05, 0.1) is 4.92 Å². The number of rotatable bonds is 4. The Hall–Kier alpha value is -1.96. The van der Waals surface area contributed by atoms with Gasteiger partial charge in [-0.05, 0) is 29.9 Å². The first-order valence-corrected chi connectivity index (χ1v) is 8.78. The molecule has 8 heteroatoms. The van der Waals surface area contributed by atoms with Crippen molar-refractivity contribution in [1.82, 2.24) is 0 Å². The molecule has 1 fully saturated rings. The Bertz CT molecular complexity index is 740. The number of hydrogen-bond acceptors (Lipinski definition) is 5. The molecule has 0 aliphatic heterocycles. The SMILES string of the molecule is CC1CCCC1c1ccc(C(=O)O)c([N+](=O)[O-])c1S(C)(=O)=O. The van der Waals surface area contributed by atoms with Gasteiger partial charge in [-0.2, -0.15) is 0 Å². The zero-order valence-electron chi connectivity index (χ0n) is 12.3. The van der Waals surface area contributed by atoms with Crippen LogP contribution in [0.5, 0.6) is 0 Å². The van der Waals surface area contributed by atoms with Crippen molar-refractivity contribution >= 4 is 21.5 Å². The Kier molecular flexibility index (Phi) is 4.23. The molecule has 0 saturated heterocycles. The van der Waals surface area contributed by atoms with Gasteiger partial charge in [-0.25, -0.2) is 13.2 Å². The third kappa shape index (κ3) is 2.83. The lowest BCUT2D eigenvalue weighted by Gasteiger charge is -2.19. The molecule has 1 N–H and O–H groups in total. The van der Waals surface area contributed by atoms with Crippen LogP contribution in [-0.2, 0) is 9.84 Å². The van der Waals surface area contributed by atoms with E-state index in [1.807, 2.05) is 6.92 Å². The molecule has 7 nitrogen and oxygen atoms in total. The van der Waals surface area contributed by atoms with Gasteiger partial charge >= 0.3 is 11.7 Å². The van der Waals surface area contributed by atoms with Crippen LogP contribution in [0.25, 0.3) is 0 Å². The molecule has 1 saturated carbocycles. The van der Waals surface area contributed by atoms with Crippen LogP contribution in [-0.4, -0.2) is 30.7 Å². The summed E-state index contributed by atoms with van der Waals surface area (Å²) >= 11 is 0. The Morgan fingerprint density at radius 3 is 2.41 bits per heavy atom. The standard InChI is InChI=1S/C14H17NO6S/c1-8-4-3-5-9(8)10-6-7-11(14(16)17)12(15(18)19)13(10)22(2,20)21/h6-9H,3-5H2,1-2H3,(H,16,17). The summed E-state index contributed by atoms with van der Waals surface area (Å²) in [6.45, 7) is 1.97. The van der Waals surface area contributed by atoms with E-state index in [-0.39, 0.29) is 11.8 Å². The molecule has 22 heavy (non-hydrogen) atoms. The second-order valence-corrected chi connectivity index (χ2v) is 7.68. The maximum atomic E-state index is 12.1. The van der Waals surface area contributed by atoms with Gasteiger partial charge in [0.2, 0.25) is 0 Å². The smallest absolute Gasteiger partial charge is 0.342 e. The molecule has 1 aromatic carbocycles. The number of carboxylic acids is 1. The number of nitro benzene ring substituents is 1. The highest BCUT2D eigenvalue weighted by atomic mass is 32.2. The van der Waals surface area contributed by atoms with Crippen molar-refractivity contribution in [3.05, 3.63) is 33.4 Å². The van der Waals surface area contributed by atoms with E-state index in [0.717, 1.165) is 31.6 Å². The molecule has 0 heterocycles. The number of benzene rings is 1. The van der Waals surface area contributed by atoms with Crippen molar-refractivity contribution in [2.45, 2.75) is 37.0 Å². The van der Waals surface area contributed by atoms with Crippen molar-refractivity contribution in [3.63, 3.8) is 0 Å². The Labute approximate surface area is 128 Å². The minimum Gasteiger partial charge on any atom is -0.477 e. The first-order valence-electron chi connectivity index (χ1n) is 6.89. The van der Waals surface area contributed by atoms with Crippen LogP contribution in [0, 0.1) is 16.0 Å². The monoisotopic (exact) mass is 327 g/mol. The summed E-state index contributed by atoms with van der Waals surface area (Å²) < 4.78 is 24.2. The van der Waals surface area contributed by atoms with Crippen molar-refractivity contribution in [1.29, 1.82) is 0 Å². The molecule has 1 aliphatic rings. The van der Waals surface area contributed by atoms with E-state index in [1.165, 1.54) is 6.07 Å². The fraction of sp³-hybridized carbons (Fsp3) is 0.500. The summed E-state index contributed by atoms with van der Waals surface area (Å²) in [5.41, 5.74) is -1.06. The third-order valence-electron chi connectivity index (χ3n) is 4.21. The van der Waals surface area contributed by atoms with E-state index in [9.17, 15) is 23.3 Å². The van der Waals surface area contributed by atoms with Crippen LogP contribution < -0.4 is 0 Å². The number of aromatic carboxylic acids is 1. The second kappa shape index (κ2) is 5.68. The van der Waals surface area contributed by atoms with E-state index in [1.54, 1.807) is 0 Å². The number of carbonyl (C=O) groups is 1. The van der Waals surface area contributed by atoms with E-state index >= 15 is 0 Å². The number of sulfone groups is 1. The lowest BCUT2D eigenvalue weighted by molar-refractivity contribution is -0.388. The zero-order valence-corrected chi connectivity index (χ0v) is 13.1. The summed E-state index contributed by atoms with van der Waals surface area (Å²) in [6, 6.07) is 2.55. The van der Waals surface area contributed by atoms with E-state index in [0.29, 0.717) is 5.56 Å². The maximum absolute atomic E-state index is 12.1. The topological polar surface area (TPSA) is 115 Å². The summed E-state index contributed by atoms with van der Waals surface area (Å²) in [5.74, 6) is -1.41. The molecule has 2 unspecified atom stereocenters. The molecular weight excluding hydrogens is 310 g/mol. The Morgan fingerprint density at radius 2 is 2.00 bits per heavy atom. The highest BCUT2D eigenvalue weighted by Crippen LogP contribution is 2.44. The van der Waals surface area contributed by atoms with Gasteiger partial charge in [0.15, 0.2) is 9.84 Å². The first-order chi connectivity index (χ1) is 10.1. The molecule has 2 rings (SSSR count). The molecule has 120 valence electrons.